The third-order valence-electron chi connectivity index (χ3n) is 4.21. The number of Topliss-reactive ketones (excluding diaryl/α,β-unsaturated/α-hetero) is 1. The van der Waals surface area contributed by atoms with E-state index in [9.17, 15) is 4.79 Å². The number of carbonyl (C=O) groups is 1. The van der Waals surface area contributed by atoms with Gasteiger partial charge in [-0.3, -0.25) is 4.79 Å². The highest BCUT2D eigenvalue weighted by atomic mass is 16.1. The minimum absolute atomic E-state index is 0.105. The maximum absolute atomic E-state index is 12.9. The standard InChI is InChI=1S/C19H14O/c20-19(17-11-9-13-5-1-3-7-15(13)17)18-12-10-14-6-2-4-8-16(14)18/h1-12,17-18H. The third-order valence-corrected chi connectivity index (χ3v) is 4.21. The second kappa shape index (κ2) is 4.31. The number of hydrogen-bond donors (Lipinski definition) is 0. The minimum Gasteiger partial charge on any atom is -0.298 e. The molecule has 0 amide bonds. The Bertz CT molecular complexity index is 688. The highest BCUT2D eigenvalue weighted by molar-refractivity contribution is 6.00. The molecule has 0 N–H and O–H groups in total. The molecule has 2 aromatic carbocycles. The van der Waals surface area contributed by atoms with Gasteiger partial charge in [-0.1, -0.05) is 72.8 Å². The molecule has 0 aromatic heterocycles. The van der Waals surface area contributed by atoms with E-state index in [-0.39, 0.29) is 17.6 Å². The van der Waals surface area contributed by atoms with Crippen LogP contribution in [-0.2, 0) is 4.79 Å². The number of rotatable bonds is 2. The molecule has 0 bridgehead atoms. The molecule has 4 rings (SSSR count). The summed E-state index contributed by atoms with van der Waals surface area (Å²) in [6.45, 7) is 0. The Morgan fingerprint density at radius 3 is 1.65 bits per heavy atom. The quantitative estimate of drug-likeness (QED) is 0.790. The Morgan fingerprint density at radius 2 is 1.15 bits per heavy atom. The Balaban J connectivity index is 1.71. The van der Waals surface area contributed by atoms with Crippen molar-refractivity contribution in [2.75, 3.05) is 0 Å². The van der Waals surface area contributed by atoms with Crippen LogP contribution in [0.2, 0.25) is 0 Å². The Kier molecular flexibility index (Phi) is 2.46. The number of fused-ring (bicyclic) bond motifs is 2. The van der Waals surface area contributed by atoms with Crippen LogP contribution in [0.15, 0.2) is 60.7 Å². The first-order valence-electron chi connectivity index (χ1n) is 6.92. The van der Waals surface area contributed by atoms with Crippen molar-refractivity contribution in [3.8, 4) is 0 Å². The molecule has 0 fully saturated rings. The summed E-state index contributed by atoms with van der Waals surface area (Å²) in [6, 6.07) is 16.3. The van der Waals surface area contributed by atoms with Crippen LogP contribution in [0.4, 0.5) is 0 Å². The predicted octanol–water partition coefficient (Wildman–Crippen LogP) is 4.18. The molecule has 2 aliphatic carbocycles. The smallest absolute Gasteiger partial charge is 0.155 e. The summed E-state index contributed by atoms with van der Waals surface area (Å²) in [7, 11) is 0. The molecule has 0 saturated heterocycles. The van der Waals surface area contributed by atoms with Gasteiger partial charge in [-0.05, 0) is 22.3 Å². The van der Waals surface area contributed by atoms with Crippen LogP contribution in [0, 0.1) is 0 Å². The van der Waals surface area contributed by atoms with Crippen molar-refractivity contribution in [1.29, 1.82) is 0 Å². The molecular formula is C19H14O. The molecule has 0 heterocycles. The summed E-state index contributed by atoms with van der Waals surface area (Å²) in [5, 5.41) is 0. The normalized spacial score (nSPS) is 21.8. The largest absolute Gasteiger partial charge is 0.298 e. The second-order valence-corrected chi connectivity index (χ2v) is 5.33. The molecule has 0 saturated carbocycles. The van der Waals surface area contributed by atoms with Gasteiger partial charge in [-0.2, -0.15) is 0 Å². The molecule has 0 aliphatic heterocycles. The fraction of sp³-hybridized carbons (Fsp3) is 0.105. The number of allylic oxidation sites excluding steroid dienone is 2. The Morgan fingerprint density at radius 1 is 0.700 bits per heavy atom. The zero-order valence-corrected chi connectivity index (χ0v) is 11.0. The first-order chi connectivity index (χ1) is 9.84. The van der Waals surface area contributed by atoms with Gasteiger partial charge >= 0.3 is 0 Å². The van der Waals surface area contributed by atoms with Gasteiger partial charge in [0.1, 0.15) is 0 Å². The van der Waals surface area contributed by atoms with Crippen LogP contribution in [0.25, 0.3) is 12.2 Å². The molecule has 96 valence electrons. The first-order valence-corrected chi connectivity index (χ1v) is 6.92. The first kappa shape index (κ1) is 11.4. The van der Waals surface area contributed by atoms with Crippen molar-refractivity contribution in [2.45, 2.75) is 11.8 Å². The lowest BCUT2D eigenvalue weighted by molar-refractivity contribution is -0.119. The predicted molar refractivity (Wildman–Crippen MR) is 81.4 cm³/mol. The van der Waals surface area contributed by atoms with Crippen LogP contribution in [0.3, 0.4) is 0 Å². The number of ketones is 1. The number of carbonyl (C=O) groups excluding carboxylic acids is 1. The van der Waals surface area contributed by atoms with Gasteiger partial charge in [-0.25, -0.2) is 0 Å². The fourth-order valence-corrected chi connectivity index (χ4v) is 3.19. The summed E-state index contributed by atoms with van der Waals surface area (Å²) in [6.07, 6.45) is 8.18. The van der Waals surface area contributed by atoms with Crippen LogP contribution in [-0.4, -0.2) is 5.78 Å². The van der Waals surface area contributed by atoms with Crippen LogP contribution in [0.5, 0.6) is 0 Å². The van der Waals surface area contributed by atoms with Gasteiger partial charge in [0.25, 0.3) is 0 Å². The average molecular weight is 258 g/mol. The monoisotopic (exact) mass is 258 g/mol. The highest BCUT2D eigenvalue weighted by Crippen LogP contribution is 2.38. The highest BCUT2D eigenvalue weighted by Gasteiger charge is 2.32. The maximum Gasteiger partial charge on any atom is 0.155 e. The van der Waals surface area contributed by atoms with Crippen molar-refractivity contribution >= 4 is 17.9 Å². The second-order valence-electron chi connectivity index (χ2n) is 5.33. The third kappa shape index (κ3) is 1.60. The molecule has 2 aromatic rings. The van der Waals surface area contributed by atoms with Gasteiger partial charge in [0, 0.05) is 0 Å². The Labute approximate surface area is 118 Å². The fourth-order valence-electron chi connectivity index (χ4n) is 3.19. The zero-order valence-electron chi connectivity index (χ0n) is 11.0. The van der Waals surface area contributed by atoms with Crippen LogP contribution < -0.4 is 0 Å². The van der Waals surface area contributed by atoms with E-state index in [1.54, 1.807) is 0 Å². The van der Waals surface area contributed by atoms with Crippen LogP contribution in [0.1, 0.15) is 34.1 Å². The molecular weight excluding hydrogens is 244 g/mol. The minimum atomic E-state index is -0.105. The summed E-state index contributed by atoms with van der Waals surface area (Å²) < 4.78 is 0. The number of benzene rings is 2. The summed E-state index contributed by atoms with van der Waals surface area (Å²) in [4.78, 5) is 12.9. The van der Waals surface area contributed by atoms with E-state index in [1.165, 1.54) is 11.1 Å². The summed E-state index contributed by atoms with van der Waals surface area (Å²) in [5.41, 5.74) is 4.60. The van der Waals surface area contributed by atoms with E-state index in [0.717, 1.165) is 11.1 Å². The van der Waals surface area contributed by atoms with Crippen molar-refractivity contribution in [3.63, 3.8) is 0 Å². The van der Waals surface area contributed by atoms with Crippen LogP contribution >= 0.6 is 0 Å². The molecule has 0 radical (unpaired) electrons. The van der Waals surface area contributed by atoms with Gasteiger partial charge in [0.05, 0.1) is 11.8 Å². The van der Waals surface area contributed by atoms with Gasteiger partial charge in [0.2, 0.25) is 0 Å². The molecule has 2 aliphatic rings. The molecule has 1 heteroatoms. The van der Waals surface area contributed by atoms with E-state index < -0.39 is 0 Å². The van der Waals surface area contributed by atoms with Gasteiger partial charge in [0.15, 0.2) is 5.78 Å². The van der Waals surface area contributed by atoms with Crippen molar-refractivity contribution in [3.05, 3.63) is 82.9 Å². The average Bonchev–Trinajstić information content (AvgIpc) is 3.11. The maximum atomic E-state index is 12.9. The lowest BCUT2D eigenvalue weighted by Crippen LogP contribution is -2.16. The van der Waals surface area contributed by atoms with E-state index >= 15 is 0 Å². The van der Waals surface area contributed by atoms with E-state index in [4.69, 9.17) is 0 Å². The van der Waals surface area contributed by atoms with E-state index in [1.807, 2.05) is 36.4 Å². The molecule has 2 atom stereocenters. The van der Waals surface area contributed by atoms with E-state index in [0.29, 0.717) is 0 Å². The molecule has 1 nitrogen and oxygen atoms in total. The molecule has 20 heavy (non-hydrogen) atoms. The molecule has 2 unspecified atom stereocenters. The summed E-state index contributed by atoms with van der Waals surface area (Å²) >= 11 is 0. The zero-order chi connectivity index (χ0) is 13.5. The van der Waals surface area contributed by atoms with Crippen molar-refractivity contribution < 1.29 is 4.79 Å². The van der Waals surface area contributed by atoms with Gasteiger partial charge < -0.3 is 0 Å². The van der Waals surface area contributed by atoms with Crippen molar-refractivity contribution in [1.82, 2.24) is 0 Å². The Hall–Kier alpha value is -2.41. The SMILES string of the molecule is O=C(C1C=Cc2ccccc21)C1C=Cc2ccccc21. The summed E-state index contributed by atoms with van der Waals surface area (Å²) in [5.74, 6) is 0.0615. The van der Waals surface area contributed by atoms with Gasteiger partial charge in [-0.15, -0.1) is 0 Å². The topological polar surface area (TPSA) is 17.1 Å². The van der Waals surface area contributed by atoms with E-state index in [2.05, 4.69) is 36.4 Å². The lowest BCUT2D eigenvalue weighted by Gasteiger charge is -2.15. The molecule has 0 spiro atoms. The van der Waals surface area contributed by atoms with Crippen molar-refractivity contribution in [2.24, 2.45) is 0 Å². The number of hydrogen-bond acceptors (Lipinski definition) is 1. The lowest BCUT2D eigenvalue weighted by atomic mass is 9.86.